The van der Waals surface area contributed by atoms with E-state index in [0.29, 0.717) is 0 Å². The fourth-order valence-electron chi connectivity index (χ4n) is 0.274. The van der Waals surface area contributed by atoms with Crippen LogP contribution in [-0.2, 0) is 4.43 Å². The Hall–Kier alpha value is 0.137. The smallest absolute Gasteiger partial charge is 0.146 e. The highest BCUT2D eigenvalue weighted by molar-refractivity contribution is 5.97. The highest BCUT2D eigenvalue weighted by Gasteiger charge is 1.83. The van der Waals surface area contributed by atoms with Gasteiger partial charge in [-0.1, -0.05) is 14.9 Å². The van der Waals surface area contributed by atoms with Crippen molar-refractivity contribution < 1.29 is 4.43 Å². The average Bonchev–Trinajstić information content (AvgIpc) is 1.61. The van der Waals surface area contributed by atoms with Gasteiger partial charge in [-0.2, -0.15) is 0 Å². The van der Waals surface area contributed by atoms with Gasteiger partial charge in [0, 0.05) is 13.2 Å². The molecule has 0 saturated heterocycles. The molecule has 60 valence electrons. The van der Waals surface area contributed by atoms with Crippen molar-refractivity contribution in [3.05, 3.63) is 0 Å². The summed E-state index contributed by atoms with van der Waals surface area (Å²) in [5.74, 6) is 0. The van der Waals surface area contributed by atoms with Crippen molar-refractivity contribution in [3.8, 4) is 0 Å². The fourth-order valence-corrected chi connectivity index (χ4v) is 0.456. The first-order valence-electron chi connectivity index (χ1n) is 2.41. The van der Waals surface area contributed by atoms with Gasteiger partial charge in [0.25, 0.3) is 0 Å². The largest absolute Gasteiger partial charge is 0.427 e. The van der Waals surface area contributed by atoms with Crippen LogP contribution in [0.3, 0.4) is 0 Å². The van der Waals surface area contributed by atoms with Crippen LogP contribution in [0.2, 0.25) is 0 Å². The molecule has 0 spiro atoms. The summed E-state index contributed by atoms with van der Waals surface area (Å²) in [6.07, 6.45) is 0. The number of rotatable bonds is 3. The van der Waals surface area contributed by atoms with Gasteiger partial charge in [-0.25, -0.2) is 0 Å². The van der Waals surface area contributed by atoms with Crippen molar-refractivity contribution in [1.29, 1.82) is 0 Å². The summed E-state index contributed by atoms with van der Waals surface area (Å²) in [6, 6.07) is 0. The molecule has 0 saturated carbocycles. The number of hydrogen-bond donors (Lipinski definition) is 0. The molecule has 0 amide bonds. The SMILES string of the molecule is C.C.CN(C)CCO[SiH3]. The van der Waals surface area contributed by atoms with Crippen molar-refractivity contribution in [3.63, 3.8) is 0 Å². The van der Waals surface area contributed by atoms with Crippen molar-refractivity contribution in [2.45, 2.75) is 14.9 Å². The molecule has 0 bridgehead atoms. The first kappa shape index (κ1) is 16.1. The zero-order valence-corrected chi connectivity index (χ0v) is 7.27. The summed E-state index contributed by atoms with van der Waals surface area (Å²) in [6.45, 7) is 1.93. The molecule has 9 heavy (non-hydrogen) atoms. The number of hydrogen-bond acceptors (Lipinski definition) is 2. The highest BCUT2D eigenvalue weighted by Crippen LogP contribution is 1.71. The van der Waals surface area contributed by atoms with E-state index in [9.17, 15) is 0 Å². The van der Waals surface area contributed by atoms with Crippen LogP contribution in [-0.4, -0.2) is 42.6 Å². The zero-order valence-electron chi connectivity index (χ0n) is 5.27. The van der Waals surface area contributed by atoms with Gasteiger partial charge in [0.05, 0.1) is 0 Å². The molecule has 0 aliphatic carbocycles. The minimum atomic E-state index is 0. The molecule has 2 nitrogen and oxygen atoms in total. The van der Waals surface area contributed by atoms with Crippen LogP contribution in [0.15, 0.2) is 0 Å². The Bertz CT molecular complexity index is 42.0. The molecule has 0 unspecified atom stereocenters. The van der Waals surface area contributed by atoms with Gasteiger partial charge in [-0.15, -0.1) is 0 Å². The third-order valence-corrected chi connectivity index (χ3v) is 1.15. The lowest BCUT2D eigenvalue weighted by atomic mass is 10.6. The Labute approximate surface area is 62.7 Å². The second-order valence-corrected chi connectivity index (χ2v) is 2.37. The third kappa shape index (κ3) is 17.9. The normalized spacial score (nSPS) is 8.33. The molecule has 0 atom stereocenters. The lowest BCUT2D eigenvalue weighted by Gasteiger charge is -2.06. The summed E-state index contributed by atoms with van der Waals surface area (Å²) in [4.78, 5) is 2.11. The molecule has 0 aromatic rings. The van der Waals surface area contributed by atoms with Crippen LogP contribution < -0.4 is 0 Å². The van der Waals surface area contributed by atoms with Gasteiger partial charge in [-0.05, 0) is 14.1 Å². The van der Waals surface area contributed by atoms with E-state index in [0.717, 1.165) is 23.6 Å². The second kappa shape index (κ2) is 11.0. The molecule has 0 N–H and O–H groups in total. The Morgan fingerprint density at radius 1 is 1.33 bits per heavy atom. The van der Waals surface area contributed by atoms with Gasteiger partial charge in [0.1, 0.15) is 10.5 Å². The monoisotopic (exact) mass is 151 g/mol. The molecule has 0 aromatic heterocycles. The molecule has 0 aliphatic heterocycles. The Kier molecular flexibility index (Phi) is 19.6. The first-order chi connectivity index (χ1) is 3.27. The number of likely N-dealkylation sites (N-methyl/N-ethyl adjacent to an activating group) is 1. The van der Waals surface area contributed by atoms with Crippen LogP contribution >= 0.6 is 0 Å². The van der Waals surface area contributed by atoms with E-state index in [2.05, 4.69) is 4.90 Å². The van der Waals surface area contributed by atoms with Gasteiger partial charge >= 0.3 is 0 Å². The average molecular weight is 151 g/mol. The van der Waals surface area contributed by atoms with E-state index in [1.807, 2.05) is 14.1 Å². The van der Waals surface area contributed by atoms with E-state index < -0.39 is 0 Å². The van der Waals surface area contributed by atoms with Crippen molar-refractivity contribution in [1.82, 2.24) is 4.90 Å². The van der Waals surface area contributed by atoms with Crippen LogP contribution in [0, 0.1) is 0 Å². The summed E-state index contributed by atoms with van der Waals surface area (Å²) in [5, 5.41) is 0. The Balaban J connectivity index is -0.000000180. The quantitative estimate of drug-likeness (QED) is 0.531. The molecular formula is C6H21NOSi. The molecule has 3 heteroatoms. The predicted molar refractivity (Wildman–Crippen MR) is 47.9 cm³/mol. The van der Waals surface area contributed by atoms with Crippen LogP contribution in [0.1, 0.15) is 14.9 Å². The van der Waals surface area contributed by atoms with Crippen LogP contribution in [0.4, 0.5) is 0 Å². The maximum absolute atomic E-state index is 4.95. The van der Waals surface area contributed by atoms with Gasteiger partial charge in [-0.3, -0.25) is 0 Å². The van der Waals surface area contributed by atoms with Crippen LogP contribution in [0.25, 0.3) is 0 Å². The van der Waals surface area contributed by atoms with Crippen molar-refractivity contribution in [2.24, 2.45) is 0 Å². The second-order valence-electron chi connectivity index (χ2n) is 1.80. The topological polar surface area (TPSA) is 12.5 Å². The highest BCUT2D eigenvalue weighted by atomic mass is 28.2. The molecule has 0 rings (SSSR count). The Morgan fingerprint density at radius 2 is 1.78 bits per heavy atom. The molecule has 0 heterocycles. The minimum Gasteiger partial charge on any atom is -0.427 e. The molecule has 0 fully saturated rings. The zero-order chi connectivity index (χ0) is 5.70. The van der Waals surface area contributed by atoms with E-state index in [-0.39, 0.29) is 14.9 Å². The van der Waals surface area contributed by atoms with Gasteiger partial charge < -0.3 is 9.33 Å². The lowest BCUT2D eigenvalue weighted by Crippen LogP contribution is -2.17. The Morgan fingerprint density at radius 3 is 1.89 bits per heavy atom. The van der Waals surface area contributed by atoms with E-state index in [1.165, 1.54) is 0 Å². The predicted octanol–water partition coefficient (Wildman–Crippen LogP) is 0.117. The van der Waals surface area contributed by atoms with Gasteiger partial charge in [0.15, 0.2) is 0 Å². The van der Waals surface area contributed by atoms with E-state index in [1.54, 1.807) is 0 Å². The first-order valence-corrected chi connectivity index (χ1v) is 3.22. The summed E-state index contributed by atoms with van der Waals surface area (Å²) >= 11 is 0. The third-order valence-electron chi connectivity index (χ3n) is 0.743. The summed E-state index contributed by atoms with van der Waals surface area (Å²) in [7, 11) is 4.95. The standard InChI is InChI=1S/C4H13NOSi.2CH4/c1-5(2)3-4-6-7;;/h3-4H2,1-2,7H3;2*1H4. The van der Waals surface area contributed by atoms with Crippen molar-refractivity contribution in [2.75, 3.05) is 27.2 Å². The maximum Gasteiger partial charge on any atom is 0.146 e. The van der Waals surface area contributed by atoms with E-state index >= 15 is 0 Å². The van der Waals surface area contributed by atoms with Crippen LogP contribution in [0.5, 0.6) is 0 Å². The molecular weight excluding hydrogens is 130 g/mol. The summed E-state index contributed by atoms with van der Waals surface area (Å²) < 4.78 is 4.95. The molecule has 0 aliphatic rings. The molecule has 0 radical (unpaired) electrons. The number of nitrogens with zero attached hydrogens (tertiary/aromatic N) is 1. The van der Waals surface area contributed by atoms with E-state index in [4.69, 9.17) is 4.43 Å². The minimum absolute atomic E-state index is 0. The molecule has 0 aromatic carbocycles. The summed E-state index contributed by atoms with van der Waals surface area (Å²) in [5.41, 5.74) is 0. The van der Waals surface area contributed by atoms with Gasteiger partial charge in [0.2, 0.25) is 0 Å². The maximum atomic E-state index is 4.95. The fraction of sp³-hybridized carbons (Fsp3) is 1.00. The van der Waals surface area contributed by atoms with Crippen molar-refractivity contribution >= 4 is 10.5 Å². The lowest BCUT2D eigenvalue weighted by molar-refractivity contribution is 0.279.